The predicted octanol–water partition coefficient (Wildman–Crippen LogP) is 8.37. The van der Waals surface area contributed by atoms with Crippen molar-refractivity contribution in [3.8, 4) is 0 Å². The van der Waals surface area contributed by atoms with Crippen LogP contribution in [0.2, 0.25) is 0 Å². The van der Waals surface area contributed by atoms with Crippen LogP contribution >= 0.6 is 0 Å². The second kappa shape index (κ2) is 17.7. The van der Waals surface area contributed by atoms with Gasteiger partial charge in [0.05, 0.1) is 11.7 Å². The zero-order valence-corrected chi connectivity index (χ0v) is 22.2. The van der Waals surface area contributed by atoms with E-state index in [1.54, 1.807) is 0 Å². The van der Waals surface area contributed by atoms with E-state index in [2.05, 4.69) is 52.1 Å². The Bertz CT molecular complexity index is 468. The smallest absolute Gasteiger partial charge is 0.225 e. The van der Waals surface area contributed by atoms with Gasteiger partial charge in [-0.3, -0.25) is 4.79 Å². The highest BCUT2D eigenvalue weighted by Gasteiger charge is 2.24. The van der Waals surface area contributed by atoms with E-state index in [9.17, 15) is 4.79 Å². The van der Waals surface area contributed by atoms with E-state index >= 15 is 0 Å². The van der Waals surface area contributed by atoms with Gasteiger partial charge >= 0.3 is 0 Å². The molecule has 0 saturated heterocycles. The van der Waals surface area contributed by atoms with Gasteiger partial charge in [0.1, 0.15) is 0 Å². The molecule has 3 nitrogen and oxygen atoms in total. The number of carbonyl (C=O) groups excluding carboxylic acids is 1. The number of carbonyl (C=O) groups is 1. The lowest BCUT2D eigenvalue weighted by Gasteiger charge is -2.29. The number of unbranched alkanes of at least 4 members (excludes halogenated alkanes) is 8. The average molecular weight is 438 g/mol. The first-order chi connectivity index (χ1) is 14.7. The summed E-state index contributed by atoms with van der Waals surface area (Å²) in [5.74, 6) is 0.190. The molecule has 0 bridgehead atoms. The largest absolute Gasteiger partial charge is 0.372 e. The molecule has 0 radical (unpaired) electrons. The number of amides is 1. The van der Waals surface area contributed by atoms with Crippen LogP contribution in [0.4, 0.5) is 0 Å². The first-order valence-electron chi connectivity index (χ1n) is 13.3. The van der Waals surface area contributed by atoms with Gasteiger partial charge in [0.2, 0.25) is 5.91 Å². The molecule has 1 unspecified atom stereocenters. The van der Waals surface area contributed by atoms with Crippen molar-refractivity contribution < 1.29 is 9.53 Å². The van der Waals surface area contributed by atoms with Crippen molar-refractivity contribution >= 4 is 5.91 Å². The fourth-order valence-corrected chi connectivity index (χ4v) is 3.44. The van der Waals surface area contributed by atoms with Crippen molar-refractivity contribution in [3.63, 3.8) is 0 Å². The van der Waals surface area contributed by atoms with Crippen LogP contribution in [0.5, 0.6) is 0 Å². The lowest BCUT2D eigenvalue weighted by atomic mass is 9.89. The van der Waals surface area contributed by atoms with E-state index in [1.807, 2.05) is 13.8 Å². The summed E-state index contributed by atoms with van der Waals surface area (Å²) in [6.45, 7) is 15.8. The lowest BCUT2D eigenvalue weighted by Crippen LogP contribution is -2.36. The van der Waals surface area contributed by atoms with Crippen LogP contribution < -0.4 is 5.32 Å². The fraction of sp³-hybridized carbons (Fsp3) is 0.893. The van der Waals surface area contributed by atoms with Crippen molar-refractivity contribution in [2.24, 2.45) is 5.41 Å². The molecule has 0 heterocycles. The maximum absolute atomic E-state index is 12.0. The second-order valence-electron chi connectivity index (χ2n) is 10.5. The molecule has 0 aromatic carbocycles. The molecular formula is C28H55NO2. The Morgan fingerprint density at radius 1 is 0.839 bits per heavy atom. The molecule has 1 atom stereocenters. The van der Waals surface area contributed by atoms with Gasteiger partial charge in [0, 0.05) is 12.0 Å². The van der Waals surface area contributed by atoms with Gasteiger partial charge in [-0.25, -0.2) is 0 Å². The third kappa shape index (κ3) is 16.5. The fourth-order valence-electron chi connectivity index (χ4n) is 3.44. The molecular weight excluding hydrogens is 382 g/mol. The molecule has 31 heavy (non-hydrogen) atoms. The Hall–Kier alpha value is -0.830. The molecule has 3 heteroatoms. The molecule has 0 aliphatic rings. The van der Waals surface area contributed by atoms with Crippen molar-refractivity contribution in [3.05, 3.63) is 12.2 Å². The maximum Gasteiger partial charge on any atom is 0.225 e. The Morgan fingerprint density at radius 3 is 2.13 bits per heavy atom. The third-order valence-electron chi connectivity index (χ3n) is 6.61. The van der Waals surface area contributed by atoms with Gasteiger partial charge in [-0.2, -0.15) is 0 Å². The summed E-state index contributed by atoms with van der Waals surface area (Å²) in [6.07, 6.45) is 21.7. The molecule has 0 rings (SSSR count). The SMILES string of the molecule is CCCCCCC(C/C=C\CCCCCCCNC(=O)C(C)(C)CC)OC(C)(C)CC. The summed E-state index contributed by atoms with van der Waals surface area (Å²) in [5, 5.41) is 3.08. The van der Waals surface area contributed by atoms with Crippen LogP contribution in [-0.2, 0) is 9.53 Å². The van der Waals surface area contributed by atoms with Crippen LogP contribution in [0.15, 0.2) is 12.2 Å². The van der Waals surface area contributed by atoms with E-state index in [-0.39, 0.29) is 16.9 Å². The molecule has 0 aromatic rings. The van der Waals surface area contributed by atoms with Gasteiger partial charge in [-0.15, -0.1) is 0 Å². The number of rotatable bonds is 20. The zero-order valence-electron chi connectivity index (χ0n) is 22.2. The minimum Gasteiger partial charge on any atom is -0.372 e. The van der Waals surface area contributed by atoms with Gasteiger partial charge in [0.25, 0.3) is 0 Å². The Morgan fingerprint density at radius 2 is 1.48 bits per heavy atom. The summed E-state index contributed by atoms with van der Waals surface area (Å²) in [4.78, 5) is 12.0. The van der Waals surface area contributed by atoms with E-state index in [0.29, 0.717) is 6.10 Å². The van der Waals surface area contributed by atoms with Gasteiger partial charge < -0.3 is 10.1 Å². The first-order valence-corrected chi connectivity index (χ1v) is 13.3. The van der Waals surface area contributed by atoms with Crippen LogP contribution in [-0.4, -0.2) is 24.2 Å². The molecule has 184 valence electrons. The van der Waals surface area contributed by atoms with E-state index in [4.69, 9.17) is 4.74 Å². The Labute approximate surface area is 195 Å². The maximum atomic E-state index is 12.0. The van der Waals surface area contributed by atoms with E-state index in [1.165, 1.54) is 64.2 Å². The van der Waals surface area contributed by atoms with E-state index in [0.717, 1.165) is 32.2 Å². The third-order valence-corrected chi connectivity index (χ3v) is 6.61. The van der Waals surface area contributed by atoms with Crippen molar-refractivity contribution in [2.45, 2.75) is 150 Å². The summed E-state index contributed by atoms with van der Waals surface area (Å²) in [5.41, 5.74) is -0.257. The summed E-state index contributed by atoms with van der Waals surface area (Å²) in [7, 11) is 0. The number of ether oxygens (including phenoxy) is 1. The zero-order chi connectivity index (χ0) is 23.6. The molecule has 0 aromatic heterocycles. The molecule has 0 saturated carbocycles. The summed E-state index contributed by atoms with van der Waals surface area (Å²) >= 11 is 0. The highest BCUT2D eigenvalue weighted by Crippen LogP contribution is 2.22. The number of hydrogen-bond donors (Lipinski definition) is 1. The highest BCUT2D eigenvalue weighted by atomic mass is 16.5. The van der Waals surface area contributed by atoms with Gasteiger partial charge in [-0.1, -0.05) is 91.7 Å². The number of hydrogen-bond acceptors (Lipinski definition) is 2. The Kier molecular flexibility index (Phi) is 17.2. The predicted molar refractivity (Wildman–Crippen MR) is 137 cm³/mol. The van der Waals surface area contributed by atoms with Gasteiger partial charge in [-0.05, 0) is 58.8 Å². The monoisotopic (exact) mass is 437 g/mol. The van der Waals surface area contributed by atoms with Gasteiger partial charge in [0.15, 0.2) is 0 Å². The highest BCUT2D eigenvalue weighted by molar-refractivity contribution is 5.81. The summed E-state index contributed by atoms with van der Waals surface area (Å²) in [6, 6.07) is 0. The standard InChI is InChI=1S/C28H55NO2/c1-8-11-12-19-22-25(31-28(6,7)10-3)23-20-17-15-13-14-16-18-21-24-29-26(30)27(4,5)9-2/h17,20,25H,8-16,18-19,21-24H2,1-7H3,(H,29,30)/b20-17-. The molecule has 0 fully saturated rings. The molecule has 0 aliphatic heterocycles. The topological polar surface area (TPSA) is 38.3 Å². The van der Waals surface area contributed by atoms with Crippen LogP contribution in [0, 0.1) is 5.41 Å². The molecule has 1 N–H and O–H groups in total. The summed E-state index contributed by atoms with van der Waals surface area (Å²) < 4.78 is 6.41. The Balaban J connectivity index is 3.91. The van der Waals surface area contributed by atoms with E-state index < -0.39 is 0 Å². The average Bonchev–Trinajstić information content (AvgIpc) is 2.74. The quantitative estimate of drug-likeness (QED) is 0.153. The minimum absolute atomic E-state index is 0.0188. The molecule has 0 aliphatic carbocycles. The normalized spacial score (nSPS) is 13.6. The number of allylic oxidation sites excluding steroid dienone is 1. The van der Waals surface area contributed by atoms with Crippen LogP contribution in [0.25, 0.3) is 0 Å². The molecule has 1 amide bonds. The first kappa shape index (κ1) is 30.2. The molecule has 0 spiro atoms. The van der Waals surface area contributed by atoms with Crippen LogP contribution in [0.3, 0.4) is 0 Å². The minimum atomic E-state index is -0.238. The number of nitrogens with one attached hydrogen (secondary N) is 1. The van der Waals surface area contributed by atoms with Crippen molar-refractivity contribution in [2.75, 3.05) is 6.54 Å². The lowest BCUT2D eigenvalue weighted by molar-refractivity contribution is -0.129. The van der Waals surface area contributed by atoms with Crippen molar-refractivity contribution in [1.29, 1.82) is 0 Å². The second-order valence-corrected chi connectivity index (χ2v) is 10.5. The van der Waals surface area contributed by atoms with Crippen molar-refractivity contribution in [1.82, 2.24) is 5.32 Å². The van der Waals surface area contributed by atoms with Crippen LogP contribution in [0.1, 0.15) is 138 Å².